The molecule has 2 aromatic carbocycles. The van der Waals surface area contributed by atoms with Crippen LogP contribution < -0.4 is 4.90 Å². The molecule has 0 fully saturated rings. The van der Waals surface area contributed by atoms with Crippen LogP contribution in [0.3, 0.4) is 0 Å². The van der Waals surface area contributed by atoms with Crippen LogP contribution in [-0.4, -0.2) is 17.5 Å². The molecule has 1 amide bonds. The third-order valence-corrected chi connectivity index (χ3v) is 4.97. The second-order valence-electron chi connectivity index (χ2n) is 7.00. The number of benzene rings is 2. The number of hydrogen-bond donors (Lipinski definition) is 0. The number of nitrogens with zero attached hydrogens (tertiary/aromatic N) is 2. The zero-order valence-corrected chi connectivity index (χ0v) is 16.0. The van der Waals surface area contributed by atoms with E-state index in [1.54, 1.807) is 4.90 Å². The largest absolute Gasteiger partial charge is 0.332 e. The van der Waals surface area contributed by atoms with Crippen molar-refractivity contribution >= 4 is 22.5 Å². The second kappa shape index (κ2) is 7.20. The minimum atomic E-state index is -0.00199. The standard InChI is InChI=1S/C23H26N2O/c1-6-14-25-21-13-12-18(16(2)3)15-20(21)17(4)22(25)23(26)24(5)19-10-8-7-9-11-19/h6-13,15-16H,1,14H2,2-5H3. The lowest BCUT2D eigenvalue weighted by atomic mass is 10.0. The van der Waals surface area contributed by atoms with Crippen LogP contribution in [0.4, 0.5) is 5.69 Å². The SMILES string of the molecule is C=CCn1c(C(=O)N(C)c2ccccc2)c(C)c2cc(C(C)C)ccc21. The Kier molecular flexibility index (Phi) is 4.99. The second-order valence-corrected chi connectivity index (χ2v) is 7.00. The van der Waals surface area contributed by atoms with Gasteiger partial charge in [-0.2, -0.15) is 0 Å². The maximum absolute atomic E-state index is 13.3. The van der Waals surface area contributed by atoms with Crippen LogP contribution in [0.1, 0.15) is 41.4 Å². The first-order chi connectivity index (χ1) is 12.5. The Morgan fingerprint density at radius 1 is 1.19 bits per heavy atom. The highest BCUT2D eigenvalue weighted by molar-refractivity contribution is 6.09. The molecule has 0 spiro atoms. The van der Waals surface area contributed by atoms with Gasteiger partial charge in [0.05, 0.1) is 0 Å². The summed E-state index contributed by atoms with van der Waals surface area (Å²) in [6, 6.07) is 16.2. The fourth-order valence-electron chi connectivity index (χ4n) is 3.42. The number of fused-ring (bicyclic) bond motifs is 1. The fraction of sp³-hybridized carbons (Fsp3) is 0.261. The zero-order chi connectivity index (χ0) is 18.8. The van der Waals surface area contributed by atoms with Gasteiger partial charge in [0.15, 0.2) is 0 Å². The number of carbonyl (C=O) groups is 1. The van der Waals surface area contributed by atoms with E-state index in [1.807, 2.05) is 50.4 Å². The molecular formula is C23H26N2O. The van der Waals surface area contributed by atoms with Crippen LogP contribution in [0, 0.1) is 6.92 Å². The number of amides is 1. The zero-order valence-electron chi connectivity index (χ0n) is 16.0. The molecule has 3 nitrogen and oxygen atoms in total. The summed E-state index contributed by atoms with van der Waals surface area (Å²) in [7, 11) is 1.83. The predicted molar refractivity (Wildman–Crippen MR) is 110 cm³/mol. The summed E-state index contributed by atoms with van der Waals surface area (Å²) < 4.78 is 2.07. The summed E-state index contributed by atoms with van der Waals surface area (Å²) in [5.74, 6) is 0.450. The van der Waals surface area contributed by atoms with Gasteiger partial charge in [-0.05, 0) is 48.2 Å². The van der Waals surface area contributed by atoms with Gasteiger partial charge in [-0.25, -0.2) is 0 Å². The van der Waals surface area contributed by atoms with Gasteiger partial charge in [0.1, 0.15) is 5.69 Å². The number of aryl methyl sites for hydroxylation is 1. The molecule has 0 radical (unpaired) electrons. The summed E-state index contributed by atoms with van der Waals surface area (Å²) in [6.07, 6.45) is 1.84. The van der Waals surface area contributed by atoms with Crippen LogP contribution in [0.25, 0.3) is 10.9 Å². The maximum atomic E-state index is 13.3. The summed E-state index contributed by atoms with van der Waals surface area (Å²) in [5.41, 5.74) is 5.00. The number of allylic oxidation sites excluding steroid dienone is 1. The molecule has 1 heterocycles. The Morgan fingerprint density at radius 2 is 1.88 bits per heavy atom. The first-order valence-corrected chi connectivity index (χ1v) is 9.02. The van der Waals surface area contributed by atoms with Crippen LogP contribution in [0.15, 0.2) is 61.2 Å². The van der Waals surface area contributed by atoms with E-state index in [2.05, 4.69) is 43.2 Å². The van der Waals surface area contributed by atoms with Crippen molar-refractivity contribution < 1.29 is 4.79 Å². The molecule has 0 saturated carbocycles. The Morgan fingerprint density at radius 3 is 2.50 bits per heavy atom. The fourth-order valence-corrected chi connectivity index (χ4v) is 3.42. The smallest absolute Gasteiger partial charge is 0.274 e. The summed E-state index contributed by atoms with van der Waals surface area (Å²) >= 11 is 0. The monoisotopic (exact) mass is 346 g/mol. The quantitative estimate of drug-likeness (QED) is 0.557. The molecule has 0 N–H and O–H groups in total. The molecule has 134 valence electrons. The van der Waals surface area contributed by atoms with Crippen molar-refractivity contribution in [2.75, 3.05) is 11.9 Å². The van der Waals surface area contributed by atoms with Crippen molar-refractivity contribution in [1.82, 2.24) is 4.57 Å². The lowest BCUT2D eigenvalue weighted by Gasteiger charge is -2.19. The highest BCUT2D eigenvalue weighted by Crippen LogP contribution is 2.30. The van der Waals surface area contributed by atoms with Gasteiger partial charge in [0, 0.05) is 30.2 Å². The van der Waals surface area contributed by atoms with Crippen LogP contribution >= 0.6 is 0 Å². The molecule has 0 aliphatic carbocycles. The molecule has 0 unspecified atom stereocenters. The van der Waals surface area contributed by atoms with Crippen molar-refractivity contribution in [3.8, 4) is 0 Å². The van der Waals surface area contributed by atoms with Crippen molar-refractivity contribution in [2.24, 2.45) is 0 Å². The van der Waals surface area contributed by atoms with E-state index in [1.165, 1.54) is 5.56 Å². The molecule has 0 saturated heterocycles. The van der Waals surface area contributed by atoms with Gasteiger partial charge in [-0.15, -0.1) is 6.58 Å². The Bertz CT molecular complexity index is 951. The number of anilines is 1. The third kappa shape index (κ3) is 3.05. The highest BCUT2D eigenvalue weighted by Gasteiger charge is 2.23. The third-order valence-electron chi connectivity index (χ3n) is 4.97. The molecule has 26 heavy (non-hydrogen) atoms. The first-order valence-electron chi connectivity index (χ1n) is 9.02. The topological polar surface area (TPSA) is 25.2 Å². The van der Waals surface area contributed by atoms with Crippen molar-refractivity contribution in [3.05, 3.63) is 78.0 Å². The van der Waals surface area contributed by atoms with Gasteiger partial charge in [0.2, 0.25) is 0 Å². The summed E-state index contributed by atoms with van der Waals surface area (Å²) in [4.78, 5) is 15.0. The van der Waals surface area contributed by atoms with Crippen LogP contribution in [-0.2, 0) is 6.54 Å². The Labute approximate surface area is 155 Å². The van der Waals surface area contributed by atoms with E-state index < -0.39 is 0 Å². The van der Waals surface area contributed by atoms with Crippen molar-refractivity contribution in [1.29, 1.82) is 0 Å². The first kappa shape index (κ1) is 18.0. The number of rotatable bonds is 5. The minimum absolute atomic E-state index is 0.00199. The lowest BCUT2D eigenvalue weighted by molar-refractivity contribution is 0.0984. The van der Waals surface area contributed by atoms with Crippen molar-refractivity contribution in [3.63, 3.8) is 0 Å². The summed E-state index contributed by atoms with van der Waals surface area (Å²) in [5, 5.41) is 1.14. The molecule has 3 aromatic rings. The number of carbonyl (C=O) groups excluding carboxylic acids is 1. The van der Waals surface area contributed by atoms with Gasteiger partial charge >= 0.3 is 0 Å². The van der Waals surface area contributed by atoms with Gasteiger partial charge in [-0.3, -0.25) is 4.79 Å². The molecule has 3 heteroatoms. The molecule has 3 rings (SSSR count). The average molecular weight is 346 g/mol. The number of aromatic nitrogens is 1. The van der Waals surface area contributed by atoms with E-state index in [-0.39, 0.29) is 5.91 Å². The van der Waals surface area contributed by atoms with Crippen LogP contribution in [0.5, 0.6) is 0 Å². The number of para-hydroxylation sites is 1. The highest BCUT2D eigenvalue weighted by atomic mass is 16.2. The summed E-state index contributed by atoms with van der Waals surface area (Å²) in [6.45, 7) is 10.9. The van der Waals surface area contributed by atoms with E-state index in [0.29, 0.717) is 12.5 Å². The molecule has 0 atom stereocenters. The van der Waals surface area contributed by atoms with Gasteiger partial charge in [-0.1, -0.05) is 44.2 Å². The van der Waals surface area contributed by atoms with E-state index >= 15 is 0 Å². The lowest BCUT2D eigenvalue weighted by Crippen LogP contribution is -2.29. The number of hydrogen-bond acceptors (Lipinski definition) is 1. The molecule has 1 aromatic heterocycles. The predicted octanol–water partition coefficient (Wildman–Crippen LogP) is 5.54. The normalized spacial score (nSPS) is 11.1. The van der Waals surface area contributed by atoms with E-state index in [9.17, 15) is 4.79 Å². The molecule has 0 aliphatic heterocycles. The minimum Gasteiger partial charge on any atom is -0.332 e. The van der Waals surface area contributed by atoms with Crippen molar-refractivity contribution in [2.45, 2.75) is 33.2 Å². The van der Waals surface area contributed by atoms with E-state index in [0.717, 1.165) is 27.8 Å². The van der Waals surface area contributed by atoms with Gasteiger partial charge in [0.25, 0.3) is 5.91 Å². The molecule has 0 aliphatic rings. The Hall–Kier alpha value is -2.81. The van der Waals surface area contributed by atoms with Crippen LogP contribution in [0.2, 0.25) is 0 Å². The average Bonchev–Trinajstić information content (AvgIpc) is 2.93. The van der Waals surface area contributed by atoms with E-state index in [4.69, 9.17) is 0 Å². The van der Waals surface area contributed by atoms with Gasteiger partial charge < -0.3 is 9.47 Å². The maximum Gasteiger partial charge on any atom is 0.274 e. The molecular weight excluding hydrogens is 320 g/mol. The Balaban J connectivity index is 2.17. The molecule has 0 bridgehead atoms.